The molecule has 6 heteroatoms. The van der Waals surface area contributed by atoms with E-state index in [1.54, 1.807) is 20.8 Å². The summed E-state index contributed by atoms with van der Waals surface area (Å²) in [5, 5.41) is 9.98. The van der Waals surface area contributed by atoms with Gasteiger partial charge in [-0.1, -0.05) is 0 Å². The number of carbonyl (C=O) groups is 2. The Morgan fingerprint density at radius 2 is 1.90 bits per heavy atom. The third kappa shape index (κ3) is 2.59. The first-order valence-electron chi connectivity index (χ1n) is 6.06. The summed E-state index contributed by atoms with van der Waals surface area (Å²) >= 11 is 0. The van der Waals surface area contributed by atoms with E-state index in [0.29, 0.717) is 10.9 Å². The van der Waals surface area contributed by atoms with Crippen LogP contribution < -0.4 is 5.73 Å². The smallest absolute Gasteiger partial charge is 0.419 e. The number of primary amides is 1. The van der Waals surface area contributed by atoms with E-state index < -0.39 is 17.6 Å². The van der Waals surface area contributed by atoms with Gasteiger partial charge in [0.25, 0.3) is 5.91 Å². The van der Waals surface area contributed by atoms with Gasteiger partial charge in [-0.2, -0.15) is 0 Å². The SMILES string of the molecule is CC(C)(C)OC(=O)n1c(C(N)=O)cc2cc(O)ccc21. The number of amides is 1. The Balaban J connectivity index is 2.63. The first kappa shape index (κ1) is 13.9. The van der Waals surface area contributed by atoms with Crippen LogP contribution in [0, 0.1) is 0 Å². The lowest BCUT2D eigenvalue weighted by Gasteiger charge is -2.20. The van der Waals surface area contributed by atoms with Gasteiger partial charge in [0.1, 0.15) is 17.0 Å². The lowest BCUT2D eigenvalue weighted by molar-refractivity contribution is 0.0535. The number of phenols is 1. The molecule has 0 unspecified atom stereocenters. The van der Waals surface area contributed by atoms with Crippen LogP contribution >= 0.6 is 0 Å². The number of carbonyl (C=O) groups excluding carboxylic acids is 2. The minimum absolute atomic E-state index is 0.0138. The molecule has 0 spiro atoms. The molecular formula is C14H16N2O4. The molecule has 1 aromatic heterocycles. The molecule has 20 heavy (non-hydrogen) atoms. The third-order valence-electron chi connectivity index (χ3n) is 2.61. The van der Waals surface area contributed by atoms with Gasteiger partial charge in [-0.15, -0.1) is 0 Å². The molecule has 1 aromatic carbocycles. The molecule has 0 fully saturated rings. The molecule has 106 valence electrons. The molecule has 2 rings (SSSR count). The van der Waals surface area contributed by atoms with Gasteiger partial charge in [-0.3, -0.25) is 4.79 Å². The number of nitrogens with two attached hydrogens (primary N) is 1. The van der Waals surface area contributed by atoms with E-state index in [1.807, 2.05) is 0 Å². The van der Waals surface area contributed by atoms with Crippen molar-refractivity contribution in [1.29, 1.82) is 0 Å². The Morgan fingerprint density at radius 1 is 1.25 bits per heavy atom. The van der Waals surface area contributed by atoms with Crippen molar-refractivity contribution in [2.24, 2.45) is 5.73 Å². The number of benzene rings is 1. The fourth-order valence-corrected chi connectivity index (χ4v) is 1.89. The Hall–Kier alpha value is -2.50. The number of aromatic nitrogens is 1. The van der Waals surface area contributed by atoms with Crippen LogP contribution in [0.4, 0.5) is 4.79 Å². The number of phenolic OH excluding ortho intramolecular Hbond substituents is 1. The van der Waals surface area contributed by atoms with E-state index >= 15 is 0 Å². The van der Waals surface area contributed by atoms with Crippen LogP contribution in [0.5, 0.6) is 5.75 Å². The quantitative estimate of drug-likeness (QED) is 0.835. The standard InChI is InChI=1S/C14H16N2O4/c1-14(2,3)20-13(19)16-10-5-4-9(17)6-8(10)7-11(16)12(15)18/h4-7,17H,1-3H3,(H2,15,18). The zero-order valence-electron chi connectivity index (χ0n) is 11.5. The normalized spacial score (nSPS) is 11.6. The van der Waals surface area contributed by atoms with E-state index in [4.69, 9.17) is 10.5 Å². The second kappa shape index (κ2) is 4.56. The summed E-state index contributed by atoms with van der Waals surface area (Å²) in [6.07, 6.45) is -0.688. The minimum atomic E-state index is -0.744. The molecule has 0 aliphatic heterocycles. The predicted molar refractivity (Wildman–Crippen MR) is 73.8 cm³/mol. The molecule has 2 aromatic rings. The highest BCUT2D eigenvalue weighted by molar-refractivity contribution is 6.03. The summed E-state index contributed by atoms with van der Waals surface area (Å²) in [6, 6.07) is 5.85. The molecule has 0 aliphatic carbocycles. The molecule has 0 saturated heterocycles. The maximum absolute atomic E-state index is 12.2. The highest BCUT2D eigenvalue weighted by Crippen LogP contribution is 2.25. The van der Waals surface area contributed by atoms with Crippen molar-refractivity contribution in [3.05, 3.63) is 30.0 Å². The zero-order valence-corrected chi connectivity index (χ0v) is 11.5. The van der Waals surface area contributed by atoms with Gasteiger partial charge in [0, 0.05) is 5.39 Å². The van der Waals surface area contributed by atoms with Crippen molar-refractivity contribution in [3.63, 3.8) is 0 Å². The number of aromatic hydroxyl groups is 1. The number of fused-ring (bicyclic) bond motifs is 1. The number of ether oxygens (including phenoxy) is 1. The number of hydrogen-bond acceptors (Lipinski definition) is 4. The average Bonchev–Trinajstić information content (AvgIpc) is 2.64. The number of nitrogens with zero attached hydrogens (tertiary/aromatic N) is 1. The highest BCUT2D eigenvalue weighted by atomic mass is 16.6. The molecular weight excluding hydrogens is 260 g/mol. The second-order valence-corrected chi connectivity index (χ2v) is 5.45. The Morgan fingerprint density at radius 3 is 2.45 bits per heavy atom. The molecule has 0 atom stereocenters. The van der Waals surface area contributed by atoms with Crippen molar-refractivity contribution in [1.82, 2.24) is 4.57 Å². The number of rotatable bonds is 1. The van der Waals surface area contributed by atoms with E-state index in [9.17, 15) is 14.7 Å². The van der Waals surface area contributed by atoms with E-state index in [-0.39, 0.29) is 11.4 Å². The third-order valence-corrected chi connectivity index (χ3v) is 2.61. The number of hydrogen-bond donors (Lipinski definition) is 2. The van der Waals surface area contributed by atoms with Gasteiger partial charge in [0.05, 0.1) is 5.52 Å². The Bertz CT molecular complexity index is 695. The first-order valence-corrected chi connectivity index (χ1v) is 6.06. The lowest BCUT2D eigenvalue weighted by atomic mass is 10.2. The molecule has 0 radical (unpaired) electrons. The summed E-state index contributed by atoms with van der Waals surface area (Å²) in [6.45, 7) is 5.19. The average molecular weight is 276 g/mol. The minimum Gasteiger partial charge on any atom is -0.508 e. The molecule has 3 N–H and O–H groups in total. The van der Waals surface area contributed by atoms with Crippen LogP contribution in [-0.2, 0) is 4.74 Å². The van der Waals surface area contributed by atoms with Crippen LogP contribution in [0.3, 0.4) is 0 Å². The van der Waals surface area contributed by atoms with Crippen LogP contribution in [0.25, 0.3) is 10.9 Å². The molecule has 6 nitrogen and oxygen atoms in total. The fourth-order valence-electron chi connectivity index (χ4n) is 1.89. The molecule has 0 bridgehead atoms. The van der Waals surface area contributed by atoms with Gasteiger partial charge in [-0.25, -0.2) is 9.36 Å². The summed E-state index contributed by atoms with van der Waals surface area (Å²) < 4.78 is 6.38. The molecule has 1 heterocycles. The van der Waals surface area contributed by atoms with Crippen molar-refractivity contribution in [2.75, 3.05) is 0 Å². The highest BCUT2D eigenvalue weighted by Gasteiger charge is 2.24. The maximum atomic E-state index is 12.2. The zero-order chi connectivity index (χ0) is 15.1. The van der Waals surface area contributed by atoms with Crippen LogP contribution in [-0.4, -0.2) is 27.3 Å². The fraction of sp³-hybridized carbons (Fsp3) is 0.286. The molecule has 0 aliphatic rings. The van der Waals surface area contributed by atoms with Crippen molar-refractivity contribution in [3.8, 4) is 5.75 Å². The first-order chi connectivity index (χ1) is 9.19. The van der Waals surface area contributed by atoms with Gasteiger partial charge in [-0.05, 0) is 45.0 Å². The van der Waals surface area contributed by atoms with E-state index in [0.717, 1.165) is 4.57 Å². The summed E-state index contributed by atoms with van der Waals surface area (Å²) in [4.78, 5) is 23.7. The monoisotopic (exact) mass is 276 g/mol. The van der Waals surface area contributed by atoms with Crippen molar-refractivity contribution in [2.45, 2.75) is 26.4 Å². The van der Waals surface area contributed by atoms with Gasteiger partial charge >= 0.3 is 6.09 Å². The largest absolute Gasteiger partial charge is 0.508 e. The van der Waals surface area contributed by atoms with Crippen LogP contribution in [0.2, 0.25) is 0 Å². The van der Waals surface area contributed by atoms with Crippen LogP contribution in [0.15, 0.2) is 24.3 Å². The van der Waals surface area contributed by atoms with Gasteiger partial charge in [0.2, 0.25) is 0 Å². The Kier molecular flexibility index (Phi) is 3.17. The van der Waals surface area contributed by atoms with Crippen molar-refractivity contribution >= 4 is 22.9 Å². The summed E-state index contributed by atoms with van der Waals surface area (Å²) in [7, 11) is 0. The van der Waals surface area contributed by atoms with Crippen LogP contribution in [0.1, 0.15) is 31.3 Å². The molecule has 0 saturated carbocycles. The Labute approximate surface area is 115 Å². The summed E-state index contributed by atoms with van der Waals surface area (Å²) in [5.74, 6) is -0.707. The van der Waals surface area contributed by atoms with Crippen molar-refractivity contribution < 1.29 is 19.4 Å². The van der Waals surface area contributed by atoms with Gasteiger partial charge in [0.15, 0.2) is 0 Å². The predicted octanol–water partition coefficient (Wildman–Crippen LogP) is 2.23. The maximum Gasteiger partial charge on any atom is 0.419 e. The van der Waals surface area contributed by atoms with E-state index in [2.05, 4.69) is 0 Å². The molecule has 1 amide bonds. The topological polar surface area (TPSA) is 94.5 Å². The van der Waals surface area contributed by atoms with E-state index in [1.165, 1.54) is 24.3 Å². The second-order valence-electron chi connectivity index (χ2n) is 5.45. The lowest BCUT2D eigenvalue weighted by Crippen LogP contribution is -2.29. The summed E-state index contributed by atoms with van der Waals surface area (Å²) in [5.41, 5.74) is 5.06. The van der Waals surface area contributed by atoms with Gasteiger partial charge < -0.3 is 15.6 Å².